The molecule has 0 radical (unpaired) electrons. The van der Waals surface area contributed by atoms with E-state index in [4.69, 9.17) is 11.6 Å². The summed E-state index contributed by atoms with van der Waals surface area (Å²) >= 11 is 5.82. The van der Waals surface area contributed by atoms with E-state index in [1.165, 1.54) is 5.57 Å². The van der Waals surface area contributed by atoms with Crippen molar-refractivity contribution >= 4 is 17.4 Å². The lowest BCUT2D eigenvalue weighted by Crippen LogP contribution is -2.24. The molecule has 0 bridgehead atoms. The molecular weight excluding hydrogens is 232 g/mol. The largest absolute Gasteiger partial charge is 0.299 e. The van der Waals surface area contributed by atoms with Crippen molar-refractivity contribution in [3.8, 4) is 0 Å². The Morgan fingerprint density at radius 3 is 2.24 bits per heavy atom. The van der Waals surface area contributed by atoms with Gasteiger partial charge in [0.1, 0.15) is 5.78 Å². The molecule has 2 heteroatoms. The number of ketones is 1. The number of carbonyl (C=O) groups is 1. The van der Waals surface area contributed by atoms with E-state index in [1.54, 1.807) is 0 Å². The monoisotopic (exact) mass is 258 g/mol. The van der Waals surface area contributed by atoms with Crippen LogP contribution in [0.4, 0.5) is 0 Å². The van der Waals surface area contributed by atoms with E-state index in [0.717, 1.165) is 12.8 Å². The first-order chi connectivity index (χ1) is 7.97. The van der Waals surface area contributed by atoms with Crippen molar-refractivity contribution in [1.82, 2.24) is 0 Å². The number of hydrogen-bond acceptors (Lipinski definition) is 1. The van der Waals surface area contributed by atoms with Gasteiger partial charge >= 0.3 is 0 Å². The van der Waals surface area contributed by atoms with E-state index in [9.17, 15) is 4.79 Å². The maximum atomic E-state index is 12.1. The molecule has 17 heavy (non-hydrogen) atoms. The zero-order valence-corrected chi connectivity index (χ0v) is 12.7. The molecular formula is C15H27ClO. The predicted molar refractivity (Wildman–Crippen MR) is 76.5 cm³/mol. The van der Waals surface area contributed by atoms with Crippen molar-refractivity contribution in [1.29, 1.82) is 0 Å². The Morgan fingerprint density at radius 2 is 1.88 bits per heavy atom. The fraction of sp³-hybridized carbons (Fsp3) is 0.800. The molecule has 0 aliphatic heterocycles. The molecule has 1 nitrogen and oxygen atoms in total. The van der Waals surface area contributed by atoms with Gasteiger partial charge in [-0.1, -0.05) is 39.3 Å². The summed E-state index contributed by atoms with van der Waals surface area (Å²) < 4.78 is 0. The molecule has 2 atom stereocenters. The Bertz CT molecular complexity index is 256. The fourth-order valence-corrected chi connectivity index (χ4v) is 2.61. The lowest BCUT2D eigenvalue weighted by atomic mass is 9.78. The van der Waals surface area contributed by atoms with Gasteiger partial charge in [0, 0.05) is 18.2 Å². The molecule has 0 spiro atoms. The second kappa shape index (κ2) is 8.74. The van der Waals surface area contributed by atoms with Crippen LogP contribution in [0.3, 0.4) is 0 Å². The van der Waals surface area contributed by atoms with Gasteiger partial charge in [0.25, 0.3) is 0 Å². The van der Waals surface area contributed by atoms with Gasteiger partial charge in [0.15, 0.2) is 0 Å². The molecule has 0 aromatic rings. The van der Waals surface area contributed by atoms with Crippen LogP contribution < -0.4 is 0 Å². The third-order valence-corrected chi connectivity index (χ3v) is 3.62. The summed E-state index contributed by atoms with van der Waals surface area (Å²) in [5.74, 6) is 2.08. The molecule has 2 unspecified atom stereocenters. The van der Waals surface area contributed by atoms with Crippen LogP contribution in [0, 0.1) is 17.8 Å². The average molecular weight is 259 g/mol. The lowest BCUT2D eigenvalue weighted by Gasteiger charge is -2.26. The molecule has 0 rings (SSSR count). The normalized spacial score (nSPS) is 16.1. The molecule has 0 fully saturated rings. The number of allylic oxidation sites excluding steroid dienone is 2. The zero-order chi connectivity index (χ0) is 13.4. The highest BCUT2D eigenvalue weighted by molar-refractivity contribution is 6.18. The van der Waals surface area contributed by atoms with E-state index in [2.05, 4.69) is 26.8 Å². The highest BCUT2D eigenvalue weighted by atomic mass is 35.5. The minimum absolute atomic E-state index is 0.161. The molecule has 100 valence electrons. The molecule has 0 amide bonds. The van der Waals surface area contributed by atoms with E-state index in [0.29, 0.717) is 29.9 Å². The first-order valence-corrected chi connectivity index (χ1v) is 7.25. The van der Waals surface area contributed by atoms with Crippen molar-refractivity contribution in [2.75, 3.05) is 5.88 Å². The SMILES string of the molecule is C/C=C(/CCCl)C(C)C(CC(C)C)C(=O)CC. The number of carbonyl (C=O) groups excluding carboxylic acids is 1. The van der Waals surface area contributed by atoms with E-state index < -0.39 is 0 Å². The van der Waals surface area contributed by atoms with Crippen LogP contribution in [0.5, 0.6) is 0 Å². The molecule has 0 aliphatic carbocycles. The molecule has 0 saturated carbocycles. The fourth-order valence-electron chi connectivity index (χ4n) is 2.39. The van der Waals surface area contributed by atoms with Crippen LogP contribution >= 0.6 is 11.6 Å². The quantitative estimate of drug-likeness (QED) is 0.450. The van der Waals surface area contributed by atoms with Gasteiger partial charge in [0.2, 0.25) is 0 Å². The number of hydrogen-bond donors (Lipinski definition) is 0. The van der Waals surface area contributed by atoms with Gasteiger partial charge in [-0.05, 0) is 31.6 Å². The lowest BCUT2D eigenvalue weighted by molar-refractivity contribution is -0.124. The topological polar surface area (TPSA) is 17.1 Å². The second-order valence-electron chi connectivity index (χ2n) is 5.15. The van der Waals surface area contributed by atoms with Crippen LogP contribution in [0.15, 0.2) is 11.6 Å². The van der Waals surface area contributed by atoms with E-state index >= 15 is 0 Å². The number of Topliss-reactive ketones (excluding diaryl/α,β-unsaturated/α-hetero) is 1. The van der Waals surface area contributed by atoms with Gasteiger partial charge in [0.05, 0.1) is 0 Å². The molecule has 0 saturated heterocycles. The van der Waals surface area contributed by atoms with Crippen LogP contribution in [0.2, 0.25) is 0 Å². The smallest absolute Gasteiger partial charge is 0.136 e. The van der Waals surface area contributed by atoms with Gasteiger partial charge in [-0.25, -0.2) is 0 Å². The third-order valence-electron chi connectivity index (χ3n) is 3.43. The summed E-state index contributed by atoms with van der Waals surface area (Å²) in [6, 6.07) is 0. The summed E-state index contributed by atoms with van der Waals surface area (Å²) in [6.45, 7) is 10.5. The maximum Gasteiger partial charge on any atom is 0.136 e. The van der Waals surface area contributed by atoms with Crippen molar-refractivity contribution in [2.45, 2.75) is 53.9 Å². The van der Waals surface area contributed by atoms with Gasteiger partial charge in [-0.2, -0.15) is 0 Å². The van der Waals surface area contributed by atoms with Crippen molar-refractivity contribution in [2.24, 2.45) is 17.8 Å². The van der Waals surface area contributed by atoms with Gasteiger partial charge < -0.3 is 0 Å². The van der Waals surface area contributed by atoms with E-state index in [-0.39, 0.29) is 5.92 Å². The standard InChI is InChI=1S/C15H27ClO/c1-6-13(8-9-16)12(5)14(10-11(3)4)15(17)7-2/h6,11-12,14H,7-10H2,1-5H3/b13-6-. The Labute approximate surface area is 112 Å². The number of rotatable bonds is 8. The Morgan fingerprint density at radius 1 is 1.29 bits per heavy atom. The van der Waals surface area contributed by atoms with E-state index in [1.807, 2.05) is 13.8 Å². The van der Waals surface area contributed by atoms with Crippen molar-refractivity contribution in [3.63, 3.8) is 0 Å². The van der Waals surface area contributed by atoms with Crippen LogP contribution in [-0.4, -0.2) is 11.7 Å². The minimum atomic E-state index is 0.161. The summed E-state index contributed by atoms with van der Waals surface area (Å²) in [5.41, 5.74) is 1.33. The Hall–Kier alpha value is -0.300. The van der Waals surface area contributed by atoms with Gasteiger partial charge in [-0.15, -0.1) is 11.6 Å². The molecule has 0 aromatic carbocycles. The highest BCUT2D eigenvalue weighted by Crippen LogP contribution is 2.30. The van der Waals surface area contributed by atoms with Crippen molar-refractivity contribution < 1.29 is 4.79 Å². The van der Waals surface area contributed by atoms with Crippen LogP contribution in [0.1, 0.15) is 53.9 Å². The molecule has 0 aromatic heterocycles. The van der Waals surface area contributed by atoms with Crippen LogP contribution in [-0.2, 0) is 4.79 Å². The summed E-state index contributed by atoms with van der Waals surface area (Å²) in [4.78, 5) is 12.1. The van der Waals surface area contributed by atoms with Crippen molar-refractivity contribution in [3.05, 3.63) is 11.6 Å². The second-order valence-corrected chi connectivity index (χ2v) is 5.53. The third kappa shape index (κ3) is 5.72. The van der Waals surface area contributed by atoms with Crippen LogP contribution in [0.25, 0.3) is 0 Å². The highest BCUT2D eigenvalue weighted by Gasteiger charge is 2.26. The average Bonchev–Trinajstić information content (AvgIpc) is 2.31. The minimum Gasteiger partial charge on any atom is -0.299 e. The number of alkyl halides is 1. The molecule has 0 aliphatic rings. The predicted octanol–water partition coefficient (Wildman–Crippen LogP) is 4.84. The summed E-state index contributed by atoms with van der Waals surface area (Å²) in [7, 11) is 0. The number of halogens is 1. The first kappa shape index (κ1) is 16.7. The maximum absolute atomic E-state index is 12.1. The zero-order valence-electron chi connectivity index (χ0n) is 11.9. The van der Waals surface area contributed by atoms with Gasteiger partial charge in [-0.3, -0.25) is 4.79 Å². The summed E-state index contributed by atoms with van der Waals surface area (Å²) in [5, 5.41) is 0. The summed E-state index contributed by atoms with van der Waals surface area (Å²) in [6.07, 6.45) is 4.64. The molecule has 0 N–H and O–H groups in total. The Kier molecular flexibility index (Phi) is 8.59. The molecule has 0 heterocycles. The Balaban J connectivity index is 4.83. The first-order valence-electron chi connectivity index (χ1n) is 6.71.